The molecule has 1 fully saturated rings. The van der Waals surface area contributed by atoms with Gasteiger partial charge in [0.15, 0.2) is 0 Å². The minimum absolute atomic E-state index is 0.231. The monoisotopic (exact) mass is 270 g/mol. The second-order valence-corrected chi connectivity index (χ2v) is 5.56. The Balaban J connectivity index is 1.92. The highest BCUT2D eigenvalue weighted by molar-refractivity contribution is 5.28. The van der Waals surface area contributed by atoms with Crippen molar-refractivity contribution < 1.29 is 14.0 Å². The zero-order valence-corrected chi connectivity index (χ0v) is 11.8. The summed E-state index contributed by atoms with van der Waals surface area (Å²) in [6.45, 7) is 9.20. The number of aromatic nitrogens is 2. The number of hydrogen-bond donors (Lipinski definition) is 1. The van der Waals surface area contributed by atoms with Gasteiger partial charge in [-0.1, -0.05) is 0 Å². The molecule has 7 nitrogen and oxygen atoms in total. The molecule has 0 unspecified atom stereocenters. The molecule has 0 aromatic carbocycles. The molecule has 1 aromatic heterocycles. The van der Waals surface area contributed by atoms with Crippen LogP contribution in [-0.4, -0.2) is 48.7 Å². The minimum atomic E-state index is -0.401. The molecule has 2 heterocycles. The normalized spacial score (nSPS) is 18.6. The topological polar surface area (TPSA) is 86.6 Å². The minimum Gasteiger partial charge on any atom is -0.378 e. The molecule has 1 aliphatic heterocycles. The van der Waals surface area contributed by atoms with Gasteiger partial charge in [0, 0.05) is 13.1 Å². The van der Waals surface area contributed by atoms with E-state index in [1.165, 1.54) is 0 Å². The van der Waals surface area contributed by atoms with E-state index >= 15 is 0 Å². The molecule has 7 heteroatoms. The van der Waals surface area contributed by atoms with E-state index in [1.54, 1.807) is 0 Å². The summed E-state index contributed by atoms with van der Waals surface area (Å²) in [5.41, 5.74) is 5.75. The van der Waals surface area contributed by atoms with Crippen molar-refractivity contribution in [1.82, 2.24) is 10.1 Å². The molecule has 1 aliphatic rings. The summed E-state index contributed by atoms with van der Waals surface area (Å²) in [6.07, 6.45) is 0. The summed E-state index contributed by atoms with van der Waals surface area (Å²) in [5, 5.41) is 3.95. The van der Waals surface area contributed by atoms with Crippen molar-refractivity contribution >= 4 is 5.95 Å². The van der Waals surface area contributed by atoms with Gasteiger partial charge in [0.25, 0.3) is 5.95 Å². The third kappa shape index (κ3) is 4.15. The van der Waals surface area contributed by atoms with E-state index in [2.05, 4.69) is 10.1 Å². The van der Waals surface area contributed by atoms with Gasteiger partial charge in [-0.15, -0.1) is 0 Å². The van der Waals surface area contributed by atoms with E-state index in [4.69, 9.17) is 19.7 Å². The molecule has 2 N–H and O–H groups in total. The van der Waals surface area contributed by atoms with Crippen LogP contribution in [0, 0.1) is 0 Å². The summed E-state index contributed by atoms with van der Waals surface area (Å²) in [6, 6.07) is -0.401. The number of nitrogens with two attached hydrogens (primary N) is 1. The summed E-state index contributed by atoms with van der Waals surface area (Å²) < 4.78 is 16.1. The number of anilines is 1. The predicted molar refractivity (Wildman–Crippen MR) is 70.0 cm³/mol. The SMILES string of the molecule is CC(C)(C)OC[C@H](N)c1nc(N2CCOCC2)no1. The molecule has 0 amide bonds. The molecule has 108 valence electrons. The predicted octanol–water partition coefficient (Wildman–Crippen LogP) is 0.721. The van der Waals surface area contributed by atoms with Crippen molar-refractivity contribution in [2.45, 2.75) is 32.4 Å². The van der Waals surface area contributed by atoms with Crippen molar-refractivity contribution in [3.05, 3.63) is 5.89 Å². The van der Waals surface area contributed by atoms with Crippen LogP contribution in [0.1, 0.15) is 32.7 Å². The second-order valence-electron chi connectivity index (χ2n) is 5.56. The largest absolute Gasteiger partial charge is 0.378 e. The molecule has 1 aromatic rings. The maximum Gasteiger partial charge on any atom is 0.266 e. The van der Waals surface area contributed by atoms with E-state index in [-0.39, 0.29) is 5.60 Å². The molecule has 0 radical (unpaired) electrons. The second kappa shape index (κ2) is 5.85. The van der Waals surface area contributed by atoms with E-state index in [0.29, 0.717) is 31.7 Å². The Morgan fingerprint density at radius 3 is 2.68 bits per heavy atom. The average molecular weight is 270 g/mol. The van der Waals surface area contributed by atoms with Crippen LogP contribution >= 0.6 is 0 Å². The van der Waals surface area contributed by atoms with Crippen molar-refractivity contribution in [3.63, 3.8) is 0 Å². The summed E-state index contributed by atoms with van der Waals surface area (Å²) in [7, 11) is 0. The lowest BCUT2D eigenvalue weighted by molar-refractivity contribution is -0.0134. The fraction of sp³-hybridized carbons (Fsp3) is 0.833. The van der Waals surface area contributed by atoms with Crippen LogP contribution in [0.2, 0.25) is 0 Å². The van der Waals surface area contributed by atoms with Crippen LogP contribution < -0.4 is 10.6 Å². The fourth-order valence-corrected chi connectivity index (χ4v) is 1.68. The average Bonchev–Trinajstić information content (AvgIpc) is 2.86. The number of ether oxygens (including phenoxy) is 2. The Morgan fingerprint density at radius 2 is 2.05 bits per heavy atom. The van der Waals surface area contributed by atoms with Crippen LogP contribution in [0.15, 0.2) is 4.52 Å². The highest BCUT2D eigenvalue weighted by atomic mass is 16.5. The first-order valence-corrected chi connectivity index (χ1v) is 6.51. The van der Waals surface area contributed by atoms with Gasteiger partial charge in [0.2, 0.25) is 5.89 Å². The number of morpholine rings is 1. The Kier molecular flexibility index (Phi) is 4.38. The van der Waals surface area contributed by atoms with Crippen LogP contribution in [0.25, 0.3) is 0 Å². The lowest BCUT2D eigenvalue weighted by Gasteiger charge is -2.24. The lowest BCUT2D eigenvalue weighted by atomic mass is 10.2. The number of rotatable bonds is 4. The first-order valence-electron chi connectivity index (χ1n) is 6.51. The molecule has 0 saturated carbocycles. The molecule has 0 aliphatic carbocycles. The van der Waals surface area contributed by atoms with Gasteiger partial charge in [0.1, 0.15) is 6.04 Å². The Labute approximate surface area is 113 Å². The number of hydrogen-bond acceptors (Lipinski definition) is 7. The molecule has 0 spiro atoms. The van der Waals surface area contributed by atoms with E-state index < -0.39 is 6.04 Å². The molecular weight excluding hydrogens is 248 g/mol. The Morgan fingerprint density at radius 1 is 1.37 bits per heavy atom. The molecule has 0 bridgehead atoms. The van der Waals surface area contributed by atoms with Crippen LogP contribution in [0.5, 0.6) is 0 Å². The summed E-state index contributed by atoms with van der Waals surface area (Å²) >= 11 is 0. The van der Waals surface area contributed by atoms with E-state index in [1.807, 2.05) is 25.7 Å². The quantitative estimate of drug-likeness (QED) is 0.862. The van der Waals surface area contributed by atoms with Gasteiger partial charge >= 0.3 is 0 Å². The van der Waals surface area contributed by atoms with Crippen molar-refractivity contribution in [2.24, 2.45) is 5.73 Å². The van der Waals surface area contributed by atoms with E-state index in [0.717, 1.165) is 13.1 Å². The maximum absolute atomic E-state index is 5.98. The zero-order chi connectivity index (χ0) is 13.9. The highest BCUT2D eigenvalue weighted by Gasteiger charge is 2.22. The van der Waals surface area contributed by atoms with Gasteiger partial charge in [-0.05, 0) is 25.9 Å². The summed E-state index contributed by atoms with van der Waals surface area (Å²) in [4.78, 5) is 6.34. The molecule has 1 atom stereocenters. The Hall–Kier alpha value is -1.18. The maximum atomic E-state index is 5.98. The van der Waals surface area contributed by atoms with E-state index in [9.17, 15) is 0 Å². The first-order chi connectivity index (χ1) is 8.96. The zero-order valence-electron chi connectivity index (χ0n) is 11.8. The van der Waals surface area contributed by atoms with Crippen LogP contribution in [0.3, 0.4) is 0 Å². The Bertz CT molecular complexity index is 396. The van der Waals surface area contributed by atoms with Crippen molar-refractivity contribution in [3.8, 4) is 0 Å². The van der Waals surface area contributed by atoms with Crippen LogP contribution in [0.4, 0.5) is 5.95 Å². The van der Waals surface area contributed by atoms with Gasteiger partial charge in [0.05, 0.1) is 25.4 Å². The third-order valence-corrected chi connectivity index (χ3v) is 2.74. The lowest BCUT2D eigenvalue weighted by Crippen LogP contribution is -2.37. The first kappa shape index (κ1) is 14.2. The standard InChI is InChI=1S/C12H22N4O3/c1-12(2,3)18-8-9(13)10-14-11(15-19-10)16-4-6-17-7-5-16/h9H,4-8,13H2,1-3H3/t9-/m0/s1. The molecule has 2 rings (SSSR count). The highest BCUT2D eigenvalue weighted by Crippen LogP contribution is 2.17. The fourth-order valence-electron chi connectivity index (χ4n) is 1.68. The molecule has 19 heavy (non-hydrogen) atoms. The van der Waals surface area contributed by atoms with Crippen molar-refractivity contribution in [2.75, 3.05) is 37.8 Å². The van der Waals surface area contributed by atoms with Gasteiger partial charge in [-0.3, -0.25) is 0 Å². The molecular formula is C12H22N4O3. The smallest absolute Gasteiger partial charge is 0.266 e. The molecule has 1 saturated heterocycles. The van der Waals surface area contributed by atoms with Gasteiger partial charge < -0.3 is 24.6 Å². The van der Waals surface area contributed by atoms with Crippen LogP contribution in [-0.2, 0) is 9.47 Å². The summed E-state index contributed by atoms with van der Waals surface area (Å²) in [5.74, 6) is 0.982. The van der Waals surface area contributed by atoms with Gasteiger partial charge in [-0.2, -0.15) is 4.98 Å². The third-order valence-electron chi connectivity index (χ3n) is 2.74. The van der Waals surface area contributed by atoms with Gasteiger partial charge in [-0.25, -0.2) is 0 Å². The van der Waals surface area contributed by atoms with Crippen molar-refractivity contribution in [1.29, 1.82) is 0 Å². The number of nitrogens with zero attached hydrogens (tertiary/aromatic N) is 3.